The molecule has 0 saturated heterocycles. The summed E-state index contributed by atoms with van der Waals surface area (Å²) in [5.74, 6) is -0.0856. The van der Waals surface area contributed by atoms with E-state index in [1.165, 1.54) is 5.56 Å². The second-order valence-electron chi connectivity index (χ2n) is 4.91. The zero-order valence-electron chi connectivity index (χ0n) is 12.0. The molecule has 1 N–H and O–H groups in total. The van der Waals surface area contributed by atoms with E-state index in [-0.39, 0.29) is 5.91 Å². The second-order valence-corrected chi connectivity index (χ2v) is 5.35. The molecule has 0 aromatic heterocycles. The summed E-state index contributed by atoms with van der Waals surface area (Å²) in [5.41, 5.74) is 3.34. The zero-order chi connectivity index (χ0) is 15.1. The van der Waals surface area contributed by atoms with Gasteiger partial charge < -0.3 is 5.32 Å². The fourth-order valence-corrected chi connectivity index (χ4v) is 2.14. The quantitative estimate of drug-likeness (QED) is 0.830. The number of carbonyl (C=O) groups is 1. The summed E-state index contributed by atoms with van der Waals surface area (Å²) in [4.78, 5) is 11.7. The average Bonchev–Trinajstić information content (AvgIpc) is 2.47. The van der Waals surface area contributed by atoms with Gasteiger partial charge in [0, 0.05) is 17.6 Å². The Bertz CT molecular complexity index is 632. The van der Waals surface area contributed by atoms with Crippen LogP contribution in [0.2, 0.25) is 5.02 Å². The first kappa shape index (κ1) is 15.3. The molecule has 0 atom stereocenters. The standard InChI is InChI=1S/C18H18ClNO/c1-14-5-7-15(8-6-14)9-10-18(21)20-12-11-16-3-2-4-17(19)13-16/h2-10,13H,11-12H2,1H3,(H,20,21). The monoisotopic (exact) mass is 299 g/mol. The van der Waals surface area contributed by atoms with Crippen LogP contribution in [-0.4, -0.2) is 12.5 Å². The highest BCUT2D eigenvalue weighted by atomic mass is 35.5. The fraction of sp³-hybridized carbons (Fsp3) is 0.167. The van der Waals surface area contributed by atoms with Gasteiger partial charge in [-0.15, -0.1) is 0 Å². The number of amides is 1. The summed E-state index contributed by atoms with van der Waals surface area (Å²) in [7, 11) is 0. The molecule has 0 aliphatic carbocycles. The Kier molecular flexibility index (Phi) is 5.59. The first-order valence-electron chi connectivity index (χ1n) is 6.90. The number of halogens is 1. The summed E-state index contributed by atoms with van der Waals surface area (Å²) in [6.45, 7) is 2.63. The number of hydrogen-bond donors (Lipinski definition) is 1. The predicted molar refractivity (Wildman–Crippen MR) is 88.4 cm³/mol. The Labute approximate surface area is 130 Å². The lowest BCUT2D eigenvalue weighted by Crippen LogP contribution is -2.23. The first-order chi connectivity index (χ1) is 10.1. The topological polar surface area (TPSA) is 29.1 Å². The highest BCUT2D eigenvalue weighted by molar-refractivity contribution is 6.30. The molecule has 0 spiro atoms. The van der Waals surface area contributed by atoms with E-state index in [2.05, 4.69) is 5.32 Å². The van der Waals surface area contributed by atoms with Crippen molar-refractivity contribution >= 4 is 23.6 Å². The van der Waals surface area contributed by atoms with Gasteiger partial charge in [-0.25, -0.2) is 0 Å². The minimum atomic E-state index is -0.0856. The molecule has 0 aliphatic heterocycles. The smallest absolute Gasteiger partial charge is 0.244 e. The van der Waals surface area contributed by atoms with Gasteiger partial charge in [0.15, 0.2) is 0 Å². The molecular weight excluding hydrogens is 282 g/mol. The molecule has 0 unspecified atom stereocenters. The van der Waals surface area contributed by atoms with Crippen LogP contribution in [0.4, 0.5) is 0 Å². The molecule has 2 rings (SSSR count). The summed E-state index contributed by atoms with van der Waals surface area (Å²) >= 11 is 5.92. The maximum Gasteiger partial charge on any atom is 0.244 e. The van der Waals surface area contributed by atoms with Crippen molar-refractivity contribution in [3.8, 4) is 0 Å². The second kappa shape index (κ2) is 7.65. The Balaban J connectivity index is 1.78. The SMILES string of the molecule is Cc1ccc(C=CC(=O)NCCc2cccc(Cl)c2)cc1. The van der Waals surface area contributed by atoms with Crippen LogP contribution in [0.15, 0.2) is 54.6 Å². The van der Waals surface area contributed by atoms with Crippen molar-refractivity contribution in [1.82, 2.24) is 5.32 Å². The number of carbonyl (C=O) groups excluding carboxylic acids is 1. The molecule has 0 heterocycles. The molecule has 3 heteroatoms. The van der Waals surface area contributed by atoms with E-state index in [9.17, 15) is 4.79 Å². The van der Waals surface area contributed by atoms with Gasteiger partial charge in [-0.2, -0.15) is 0 Å². The number of rotatable bonds is 5. The molecule has 2 nitrogen and oxygen atoms in total. The largest absolute Gasteiger partial charge is 0.352 e. The van der Waals surface area contributed by atoms with E-state index in [0.29, 0.717) is 6.54 Å². The lowest BCUT2D eigenvalue weighted by Gasteiger charge is -2.03. The summed E-state index contributed by atoms with van der Waals surface area (Å²) < 4.78 is 0. The molecule has 2 aromatic carbocycles. The van der Waals surface area contributed by atoms with Crippen LogP contribution in [0, 0.1) is 6.92 Å². The van der Waals surface area contributed by atoms with Crippen LogP contribution in [0.1, 0.15) is 16.7 Å². The molecule has 108 valence electrons. The third-order valence-corrected chi connectivity index (χ3v) is 3.34. The van der Waals surface area contributed by atoms with Gasteiger partial charge in [0.1, 0.15) is 0 Å². The molecule has 0 radical (unpaired) electrons. The number of aryl methyl sites for hydroxylation is 1. The maximum atomic E-state index is 11.7. The fourth-order valence-electron chi connectivity index (χ4n) is 1.93. The van der Waals surface area contributed by atoms with Crippen molar-refractivity contribution in [3.05, 3.63) is 76.3 Å². The van der Waals surface area contributed by atoms with Gasteiger partial charge in [-0.1, -0.05) is 53.6 Å². The molecule has 2 aromatic rings. The highest BCUT2D eigenvalue weighted by Gasteiger charge is 1.97. The van der Waals surface area contributed by atoms with Crippen molar-refractivity contribution < 1.29 is 4.79 Å². The Hall–Kier alpha value is -2.06. The Morgan fingerprint density at radius 2 is 1.95 bits per heavy atom. The molecule has 0 aliphatic rings. The van der Waals surface area contributed by atoms with E-state index in [1.807, 2.05) is 61.5 Å². The van der Waals surface area contributed by atoms with Crippen molar-refractivity contribution in [2.45, 2.75) is 13.3 Å². The van der Waals surface area contributed by atoms with Crippen molar-refractivity contribution in [1.29, 1.82) is 0 Å². The predicted octanol–water partition coefficient (Wildman–Crippen LogP) is 4.02. The molecule has 21 heavy (non-hydrogen) atoms. The normalized spacial score (nSPS) is 10.8. The van der Waals surface area contributed by atoms with E-state index in [0.717, 1.165) is 22.6 Å². The maximum absolute atomic E-state index is 11.7. The molecule has 0 bridgehead atoms. The van der Waals surface area contributed by atoms with Crippen LogP contribution in [0.25, 0.3) is 6.08 Å². The minimum Gasteiger partial charge on any atom is -0.352 e. The molecule has 0 saturated carbocycles. The van der Waals surface area contributed by atoms with Gasteiger partial charge in [0.05, 0.1) is 0 Å². The average molecular weight is 300 g/mol. The van der Waals surface area contributed by atoms with Gasteiger partial charge >= 0.3 is 0 Å². The van der Waals surface area contributed by atoms with E-state index in [1.54, 1.807) is 6.08 Å². The number of benzene rings is 2. The van der Waals surface area contributed by atoms with Gasteiger partial charge in [-0.3, -0.25) is 4.79 Å². The third kappa shape index (κ3) is 5.44. The van der Waals surface area contributed by atoms with Crippen molar-refractivity contribution in [3.63, 3.8) is 0 Å². The Morgan fingerprint density at radius 3 is 2.67 bits per heavy atom. The number of nitrogens with one attached hydrogen (secondary N) is 1. The molecule has 0 fully saturated rings. The summed E-state index contributed by atoms with van der Waals surface area (Å²) in [6, 6.07) is 15.7. The van der Waals surface area contributed by atoms with Gasteiger partial charge in [0.25, 0.3) is 0 Å². The van der Waals surface area contributed by atoms with Crippen LogP contribution >= 0.6 is 11.6 Å². The van der Waals surface area contributed by atoms with Crippen LogP contribution in [-0.2, 0) is 11.2 Å². The van der Waals surface area contributed by atoms with E-state index in [4.69, 9.17) is 11.6 Å². The van der Waals surface area contributed by atoms with Crippen molar-refractivity contribution in [2.24, 2.45) is 0 Å². The van der Waals surface area contributed by atoms with Crippen LogP contribution in [0.5, 0.6) is 0 Å². The highest BCUT2D eigenvalue weighted by Crippen LogP contribution is 2.10. The molecular formula is C18H18ClNO. The van der Waals surface area contributed by atoms with Crippen LogP contribution < -0.4 is 5.32 Å². The number of hydrogen-bond acceptors (Lipinski definition) is 1. The zero-order valence-corrected chi connectivity index (χ0v) is 12.7. The first-order valence-corrected chi connectivity index (χ1v) is 7.28. The van der Waals surface area contributed by atoms with Crippen LogP contribution in [0.3, 0.4) is 0 Å². The van der Waals surface area contributed by atoms with Gasteiger partial charge in [0.2, 0.25) is 5.91 Å². The summed E-state index contributed by atoms with van der Waals surface area (Å²) in [5, 5.41) is 3.58. The summed E-state index contributed by atoms with van der Waals surface area (Å²) in [6.07, 6.45) is 4.14. The Morgan fingerprint density at radius 1 is 1.19 bits per heavy atom. The van der Waals surface area contributed by atoms with Gasteiger partial charge in [-0.05, 0) is 42.7 Å². The molecule has 1 amide bonds. The third-order valence-electron chi connectivity index (χ3n) is 3.11. The minimum absolute atomic E-state index is 0.0856. The van der Waals surface area contributed by atoms with E-state index < -0.39 is 0 Å². The lowest BCUT2D eigenvalue weighted by atomic mass is 10.1. The lowest BCUT2D eigenvalue weighted by molar-refractivity contribution is -0.116. The van der Waals surface area contributed by atoms with E-state index >= 15 is 0 Å². The van der Waals surface area contributed by atoms with Crippen molar-refractivity contribution in [2.75, 3.05) is 6.54 Å².